The van der Waals surface area contributed by atoms with Crippen LogP contribution in [0.4, 0.5) is 0 Å². The highest BCUT2D eigenvalue weighted by Crippen LogP contribution is 2.32. The van der Waals surface area contributed by atoms with Gasteiger partial charge in [-0.25, -0.2) is 4.79 Å². The average Bonchev–Trinajstić information content (AvgIpc) is 3.30. The standard InChI is InChI=1S/C21H25NO6/c1-13-17(21(24)25)11-16(27-13)12-22(2)20(23)14-8-9-18(19(10-14)26-3)28-15-6-4-5-7-15/h8-11,15H,4-7,12H2,1-3H3,(H,24,25). The summed E-state index contributed by atoms with van der Waals surface area (Å²) in [5, 5.41) is 9.12. The van der Waals surface area contributed by atoms with Crippen LogP contribution in [-0.2, 0) is 6.54 Å². The first kappa shape index (κ1) is 19.8. The molecular formula is C21H25NO6. The van der Waals surface area contributed by atoms with Crippen molar-refractivity contribution in [2.75, 3.05) is 14.2 Å². The number of rotatable bonds is 7. The molecule has 150 valence electrons. The minimum atomic E-state index is -1.05. The number of hydrogen-bond donors (Lipinski definition) is 1. The number of carbonyl (C=O) groups excluding carboxylic acids is 1. The van der Waals surface area contributed by atoms with E-state index in [4.69, 9.17) is 19.0 Å². The molecule has 0 bridgehead atoms. The van der Waals surface area contributed by atoms with Crippen LogP contribution >= 0.6 is 0 Å². The fraction of sp³-hybridized carbons (Fsp3) is 0.429. The number of nitrogens with zero attached hydrogens (tertiary/aromatic N) is 1. The van der Waals surface area contributed by atoms with Crippen LogP contribution < -0.4 is 9.47 Å². The normalized spacial score (nSPS) is 14.1. The fourth-order valence-corrected chi connectivity index (χ4v) is 3.44. The number of carbonyl (C=O) groups is 2. The molecule has 3 rings (SSSR count). The number of amides is 1. The largest absolute Gasteiger partial charge is 0.493 e. The molecule has 0 saturated heterocycles. The van der Waals surface area contributed by atoms with Crippen LogP contribution in [0.15, 0.2) is 28.7 Å². The summed E-state index contributed by atoms with van der Waals surface area (Å²) in [4.78, 5) is 25.4. The van der Waals surface area contributed by atoms with Crippen LogP contribution in [0.5, 0.6) is 11.5 Å². The number of carboxylic acid groups (broad SMARTS) is 1. The first-order valence-corrected chi connectivity index (χ1v) is 9.31. The molecule has 1 fully saturated rings. The van der Waals surface area contributed by atoms with Gasteiger partial charge in [0.1, 0.15) is 17.1 Å². The molecule has 1 N–H and O–H groups in total. The second-order valence-corrected chi connectivity index (χ2v) is 7.04. The molecule has 1 aromatic heterocycles. The topological polar surface area (TPSA) is 89.2 Å². The molecule has 7 nitrogen and oxygen atoms in total. The zero-order valence-electron chi connectivity index (χ0n) is 16.4. The Hall–Kier alpha value is -2.96. The quantitative estimate of drug-likeness (QED) is 0.775. The third-order valence-corrected chi connectivity index (χ3v) is 4.95. The van der Waals surface area contributed by atoms with Gasteiger partial charge in [-0.1, -0.05) is 0 Å². The summed E-state index contributed by atoms with van der Waals surface area (Å²) >= 11 is 0. The van der Waals surface area contributed by atoms with Crippen molar-refractivity contribution >= 4 is 11.9 Å². The van der Waals surface area contributed by atoms with Crippen LogP contribution in [0.3, 0.4) is 0 Å². The lowest BCUT2D eigenvalue weighted by molar-refractivity contribution is 0.0694. The van der Waals surface area contributed by atoms with Crippen LogP contribution in [-0.4, -0.2) is 42.1 Å². The molecule has 1 aromatic carbocycles. The molecule has 0 spiro atoms. The molecule has 1 aliphatic rings. The van der Waals surface area contributed by atoms with E-state index >= 15 is 0 Å². The summed E-state index contributed by atoms with van der Waals surface area (Å²) < 4.78 is 16.9. The molecule has 1 heterocycles. The predicted octanol–water partition coefficient (Wildman–Crippen LogP) is 3.89. The van der Waals surface area contributed by atoms with Crippen molar-refractivity contribution < 1.29 is 28.6 Å². The second-order valence-electron chi connectivity index (χ2n) is 7.04. The van der Waals surface area contributed by atoms with Gasteiger partial charge in [-0.05, 0) is 56.9 Å². The number of carboxylic acids is 1. The van der Waals surface area contributed by atoms with Crippen molar-refractivity contribution in [2.45, 2.75) is 45.3 Å². The molecule has 7 heteroatoms. The summed E-state index contributed by atoms with van der Waals surface area (Å²) in [6, 6.07) is 6.58. The first-order chi connectivity index (χ1) is 13.4. The highest BCUT2D eigenvalue weighted by Gasteiger charge is 2.21. The molecule has 1 aliphatic carbocycles. The van der Waals surface area contributed by atoms with Crippen LogP contribution in [0.25, 0.3) is 0 Å². The second kappa shape index (κ2) is 8.37. The van der Waals surface area contributed by atoms with Gasteiger partial charge in [-0.2, -0.15) is 0 Å². The van der Waals surface area contributed by atoms with Crippen molar-refractivity contribution in [2.24, 2.45) is 0 Å². The fourth-order valence-electron chi connectivity index (χ4n) is 3.44. The molecule has 1 amide bonds. The number of aromatic carboxylic acids is 1. The van der Waals surface area contributed by atoms with Gasteiger partial charge in [-0.15, -0.1) is 0 Å². The maximum Gasteiger partial charge on any atom is 0.339 e. The highest BCUT2D eigenvalue weighted by atomic mass is 16.5. The number of ether oxygens (including phenoxy) is 2. The molecule has 0 atom stereocenters. The van der Waals surface area contributed by atoms with E-state index in [-0.39, 0.29) is 24.1 Å². The molecule has 0 aliphatic heterocycles. The van der Waals surface area contributed by atoms with E-state index in [9.17, 15) is 9.59 Å². The van der Waals surface area contributed by atoms with Crippen LogP contribution in [0, 0.1) is 6.92 Å². The van der Waals surface area contributed by atoms with Gasteiger partial charge >= 0.3 is 5.97 Å². The summed E-state index contributed by atoms with van der Waals surface area (Å²) in [7, 11) is 3.18. The molecule has 1 saturated carbocycles. The average molecular weight is 387 g/mol. The van der Waals surface area contributed by atoms with Crippen molar-refractivity contribution in [3.8, 4) is 11.5 Å². The van der Waals surface area contributed by atoms with Crippen LogP contribution in [0.1, 0.15) is 57.9 Å². The summed E-state index contributed by atoms with van der Waals surface area (Å²) in [6.07, 6.45) is 4.61. The Labute approximate surface area is 163 Å². The van der Waals surface area contributed by atoms with Gasteiger partial charge in [-0.3, -0.25) is 4.79 Å². The van der Waals surface area contributed by atoms with E-state index in [0.717, 1.165) is 12.8 Å². The number of benzene rings is 1. The monoisotopic (exact) mass is 387 g/mol. The van der Waals surface area contributed by atoms with E-state index in [0.29, 0.717) is 28.6 Å². The van der Waals surface area contributed by atoms with Crippen molar-refractivity contribution in [3.05, 3.63) is 46.9 Å². The lowest BCUT2D eigenvalue weighted by Crippen LogP contribution is -2.26. The van der Waals surface area contributed by atoms with Crippen LogP contribution in [0.2, 0.25) is 0 Å². The zero-order chi connectivity index (χ0) is 20.3. The zero-order valence-corrected chi connectivity index (χ0v) is 16.4. The van der Waals surface area contributed by atoms with Gasteiger partial charge in [0.25, 0.3) is 5.91 Å². The molecule has 0 unspecified atom stereocenters. The van der Waals surface area contributed by atoms with Gasteiger partial charge in [0.2, 0.25) is 0 Å². The first-order valence-electron chi connectivity index (χ1n) is 9.31. The van der Waals surface area contributed by atoms with E-state index < -0.39 is 5.97 Å². The SMILES string of the molecule is COc1cc(C(=O)N(C)Cc2cc(C(=O)O)c(C)o2)ccc1OC1CCCC1. The van der Waals surface area contributed by atoms with Gasteiger partial charge in [0.05, 0.1) is 19.8 Å². The Morgan fingerprint density at radius 2 is 1.93 bits per heavy atom. The number of furan rings is 1. The lowest BCUT2D eigenvalue weighted by Gasteiger charge is -2.19. The predicted molar refractivity (Wildman–Crippen MR) is 102 cm³/mol. The maximum atomic E-state index is 12.8. The summed E-state index contributed by atoms with van der Waals surface area (Å²) in [5.74, 6) is 0.618. The van der Waals surface area contributed by atoms with Crippen molar-refractivity contribution in [3.63, 3.8) is 0 Å². The van der Waals surface area contributed by atoms with E-state index in [1.807, 2.05) is 0 Å². The van der Waals surface area contributed by atoms with Gasteiger partial charge < -0.3 is 23.9 Å². The highest BCUT2D eigenvalue weighted by molar-refractivity contribution is 5.94. The minimum absolute atomic E-state index is 0.103. The number of aryl methyl sites for hydroxylation is 1. The van der Waals surface area contributed by atoms with Crippen molar-refractivity contribution in [1.82, 2.24) is 4.90 Å². The Balaban J connectivity index is 1.72. The number of methoxy groups -OCH3 is 1. The van der Waals surface area contributed by atoms with E-state index in [1.54, 1.807) is 39.3 Å². The molecule has 2 aromatic rings. The molecular weight excluding hydrogens is 362 g/mol. The molecule has 0 radical (unpaired) electrons. The van der Waals surface area contributed by atoms with Gasteiger partial charge in [0.15, 0.2) is 11.5 Å². The van der Waals surface area contributed by atoms with Gasteiger partial charge in [0, 0.05) is 12.6 Å². The Bertz CT molecular complexity index is 866. The Kier molecular flexibility index (Phi) is 5.92. The lowest BCUT2D eigenvalue weighted by atomic mass is 10.1. The summed E-state index contributed by atoms with van der Waals surface area (Å²) in [5.41, 5.74) is 0.561. The maximum absolute atomic E-state index is 12.8. The van der Waals surface area contributed by atoms with E-state index in [1.165, 1.54) is 23.8 Å². The number of hydrogen-bond acceptors (Lipinski definition) is 5. The summed E-state index contributed by atoms with van der Waals surface area (Å²) in [6.45, 7) is 1.75. The van der Waals surface area contributed by atoms with E-state index in [2.05, 4.69) is 0 Å². The smallest absolute Gasteiger partial charge is 0.339 e. The molecule has 28 heavy (non-hydrogen) atoms. The minimum Gasteiger partial charge on any atom is -0.493 e. The Morgan fingerprint density at radius 1 is 1.21 bits per heavy atom. The third kappa shape index (κ3) is 4.30. The Morgan fingerprint density at radius 3 is 2.54 bits per heavy atom. The third-order valence-electron chi connectivity index (χ3n) is 4.95. The van der Waals surface area contributed by atoms with Crippen molar-refractivity contribution in [1.29, 1.82) is 0 Å².